The Balaban J connectivity index is 1.49. The molecule has 2 fully saturated rings. The number of amides is 4. The van der Waals surface area contributed by atoms with Crippen molar-refractivity contribution in [1.82, 2.24) is 15.5 Å². The lowest BCUT2D eigenvalue weighted by atomic mass is 10.0. The van der Waals surface area contributed by atoms with E-state index in [0.29, 0.717) is 24.0 Å². The molecule has 0 aromatic heterocycles. The summed E-state index contributed by atoms with van der Waals surface area (Å²) < 4.78 is 15.8. The summed E-state index contributed by atoms with van der Waals surface area (Å²) in [7, 11) is 3.07. The molecule has 2 aliphatic rings. The maximum atomic E-state index is 12.7. The summed E-state index contributed by atoms with van der Waals surface area (Å²) in [5.41, 5.74) is 0.742. The first-order chi connectivity index (χ1) is 14.5. The van der Waals surface area contributed by atoms with E-state index in [2.05, 4.69) is 10.6 Å². The van der Waals surface area contributed by atoms with Gasteiger partial charge >= 0.3 is 6.03 Å². The minimum absolute atomic E-state index is 0.109. The molecule has 1 aromatic rings. The molecular weight excluding hydrogens is 390 g/mol. The molecule has 0 saturated carbocycles. The Labute approximate surface area is 176 Å². The molecular formula is C21H29N3O6. The Bertz CT molecular complexity index is 778. The third kappa shape index (κ3) is 5.41. The Hall–Kier alpha value is -2.81. The number of carbonyl (C=O) groups is 3. The van der Waals surface area contributed by atoms with Crippen LogP contribution in [0.5, 0.6) is 11.5 Å². The van der Waals surface area contributed by atoms with Gasteiger partial charge in [0.05, 0.1) is 20.8 Å². The van der Waals surface area contributed by atoms with Crippen LogP contribution in [0.25, 0.3) is 0 Å². The highest BCUT2D eigenvalue weighted by Gasteiger charge is 2.37. The monoisotopic (exact) mass is 419 g/mol. The molecule has 3 rings (SSSR count). The lowest BCUT2D eigenvalue weighted by Crippen LogP contribution is -2.35. The number of hydrogen-bond donors (Lipinski definition) is 2. The smallest absolute Gasteiger partial charge is 0.325 e. The third-order valence-corrected chi connectivity index (χ3v) is 5.48. The molecule has 0 unspecified atom stereocenters. The number of ether oxygens (including phenoxy) is 3. The lowest BCUT2D eigenvalue weighted by Gasteiger charge is -2.22. The molecule has 2 heterocycles. The van der Waals surface area contributed by atoms with Crippen molar-refractivity contribution in [3.8, 4) is 11.5 Å². The highest BCUT2D eigenvalue weighted by atomic mass is 16.5. The van der Waals surface area contributed by atoms with Gasteiger partial charge in [-0.3, -0.25) is 14.5 Å². The topological polar surface area (TPSA) is 106 Å². The summed E-state index contributed by atoms with van der Waals surface area (Å²) in [6.45, 7) is 2.22. The Morgan fingerprint density at radius 3 is 2.63 bits per heavy atom. The number of carbonyl (C=O) groups excluding carboxylic acids is 3. The molecule has 30 heavy (non-hydrogen) atoms. The van der Waals surface area contributed by atoms with Crippen LogP contribution < -0.4 is 20.1 Å². The fourth-order valence-electron chi connectivity index (χ4n) is 3.66. The molecule has 2 N–H and O–H groups in total. The van der Waals surface area contributed by atoms with Crippen molar-refractivity contribution < 1.29 is 28.6 Å². The maximum Gasteiger partial charge on any atom is 0.325 e. The summed E-state index contributed by atoms with van der Waals surface area (Å²) in [4.78, 5) is 38.2. The standard InChI is InChI=1S/C21H29N3O6/c1-28-17-5-3-15(11-18(17)29-2)13-24-20(26)16(23-21(24)27)4-6-19(25)22-12-14-7-9-30-10-8-14/h3,5,11,14,16H,4,6-10,12-13H2,1-2H3,(H,22,25)(H,23,27)/t16-/m1/s1. The van der Waals surface area contributed by atoms with Gasteiger partial charge < -0.3 is 24.8 Å². The Kier molecular flexibility index (Phi) is 7.51. The van der Waals surface area contributed by atoms with E-state index in [4.69, 9.17) is 14.2 Å². The van der Waals surface area contributed by atoms with Crippen LogP contribution in [0.4, 0.5) is 4.79 Å². The zero-order valence-electron chi connectivity index (χ0n) is 17.4. The fourth-order valence-corrected chi connectivity index (χ4v) is 3.66. The summed E-state index contributed by atoms with van der Waals surface area (Å²) in [5, 5.41) is 5.59. The highest BCUT2D eigenvalue weighted by Crippen LogP contribution is 2.28. The second kappa shape index (κ2) is 10.3. The van der Waals surface area contributed by atoms with Crippen LogP contribution in [-0.4, -0.2) is 62.8 Å². The quantitative estimate of drug-likeness (QED) is 0.587. The number of benzene rings is 1. The molecule has 9 heteroatoms. The first-order valence-electron chi connectivity index (χ1n) is 10.2. The van der Waals surface area contributed by atoms with E-state index in [1.807, 2.05) is 0 Å². The summed E-state index contributed by atoms with van der Waals surface area (Å²) in [6, 6.07) is 4.09. The van der Waals surface area contributed by atoms with Crippen molar-refractivity contribution in [2.24, 2.45) is 5.92 Å². The second-order valence-electron chi connectivity index (χ2n) is 7.51. The minimum Gasteiger partial charge on any atom is -0.493 e. The van der Waals surface area contributed by atoms with Gasteiger partial charge in [0.15, 0.2) is 11.5 Å². The van der Waals surface area contributed by atoms with Gasteiger partial charge in [-0.15, -0.1) is 0 Å². The van der Waals surface area contributed by atoms with Crippen molar-refractivity contribution in [1.29, 1.82) is 0 Å². The molecule has 0 spiro atoms. The largest absolute Gasteiger partial charge is 0.493 e. The van der Waals surface area contributed by atoms with Gasteiger partial charge in [-0.2, -0.15) is 0 Å². The van der Waals surface area contributed by atoms with Gasteiger partial charge in [-0.25, -0.2) is 4.79 Å². The first-order valence-corrected chi connectivity index (χ1v) is 10.2. The van der Waals surface area contributed by atoms with Crippen molar-refractivity contribution in [3.05, 3.63) is 23.8 Å². The minimum atomic E-state index is -0.688. The molecule has 164 valence electrons. The molecule has 1 atom stereocenters. The molecule has 2 aliphatic heterocycles. The molecule has 2 saturated heterocycles. The summed E-state index contributed by atoms with van der Waals surface area (Å²) in [5.74, 6) is 1.10. The van der Waals surface area contributed by atoms with Gasteiger partial charge in [0.1, 0.15) is 6.04 Å². The number of nitrogens with one attached hydrogen (secondary N) is 2. The van der Waals surface area contributed by atoms with Gasteiger partial charge in [0.2, 0.25) is 5.91 Å². The van der Waals surface area contributed by atoms with Crippen LogP contribution in [-0.2, 0) is 20.9 Å². The highest BCUT2D eigenvalue weighted by molar-refractivity contribution is 6.04. The van der Waals surface area contributed by atoms with Crippen molar-refractivity contribution >= 4 is 17.8 Å². The van der Waals surface area contributed by atoms with E-state index in [-0.39, 0.29) is 31.2 Å². The van der Waals surface area contributed by atoms with Crippen LogP contribution >= 0.6 is 0 Å². The summed E-state index contributed by atoms with van der Waals surface area (Å²) in [6.07, 6.45) is 2.35. The van der Waals surface area contributed by atoms with Crippen LogP contribution in [0.2, 0.25) is 0 Å². The number of hydrogen-bond acceptors (Lipinski definition) is 6. The normalized spacial score (nSPS) is 19.5. The number of imide groups is 1. The molecule has 9 nitrogen and oxygen atoms in total. The van der Waals surface area contributed by atoms with E-state index >= 15 is 0 Å². The van der Waals surface area contributed by atoms with Gasteiger partial charge in [-0.1, -0.05) is 6.07 Å². The summed E-state index contributed by atoms with van der Waals surface area (Å²) >= 11 is 0. The average Bonchev–Trinajstić information content (AvgIpc) is 3.04. The predicted molar refractivity (Wildman–Crippen MR) is 108 cm³/mol. The van der Waals surface area contributed by atoms with E-state index < -0.39 is 12.1 Å². The number of rotatable bonds is 9. The van der Waals surface area contributed by atoms with Crippen molar-refractivity contribution in [2.75, 3.05) is 34.0 Å². The fraction of sp³-hybridized carbons (Fsp3) is 0.571. The average molecular weight is 419 g/mol. The van der Waals surface area contributed by atoms with E-state index in [1.54, 1.807) is 25.3 Å². The maximum absolute atomic E-state index is 12.7. The molecule has 0 radical (unpaired) electrons. The van der Waals surface area contributed by atoms with E-state index in [0.717, 1.165) is 36.5 Å². The molecule has 0 aliphatic carbocycles. The molecule has 1 aromatic carbocycles. The van der Waals surface area contributed by atoms with Crippen molar-refractivity contribution in [2.45, 2.75) is 38.3 Å². The second-order valence-corrected chi connectivity index (χ2v) is 7.51. The number of nitrogens with zero attached hydrogens (tertiary/aromatic N) is 1. The third-order valence-electron chi connectivity index (χ3n) is 5.48. The van der Waals surface area contributed by atoms with Gasteiger partial charge in [-0.05, 0) is 42.9 Å². The first kappa shape index (κ1) is 21.9. The SMILES string of the molecule is COc1ccc(CN2C(=O)N[C@H](CCC(=O)NCC3CCOCC3)C2=O)cc1OC. The van der Waals surface area contributed by atoms with E-state index in [9.17, 15) is 14.4 Å². The van der Waals surface area contributed by atoms with Crippen LogP contribution in [0.3, 0.4) is 0 Å². The lowest BCUT2D eigenvalue weighted by molar-refractivity contribution is -0.128. The van der Waals surface area contributed by atoms with Crippen LogP contribution in [0.15, 0.2) is 18.2 Å². The van der Waals surface area contributed by atoms with Crippen LogP contribution in [0.1, 0.15) is 31.2 Å². The van der Waals surface area contributed by atoms with E-state index in [1.165, 1.54) is 7.11 Å². The number of methoxy groups -OCH3 is 2. The molecule has 4 amide bonds. The zero-order valence-corrected chi connectivity index (χ0v) is 17.4. The van der Waals surface area contributed by atoms with Gasteiger partial charge in [0.25, 0.3) is 5.91 Å². The van der Waals surface area contributed by atoms with Crippen LogP contribution in [0, 0.1) is 5.92 Å². The van der Waals surface area contributed by atoms with Gasteiger partial charge in [0, 0.05) is 26.2 Å². The Morgan fingerprint density at radius 1 is 1.20 bits per heavy atom. The molecule has 0 bridgehead atoms. The number of urea groups is 1. The van der Waals surface area contributed by atoms with Crippen molar-refractivity contribution in [3.63, 3.8) is 0 Å². The zero-order chi connectivity index (χ0) is 21.5. The predicted octanol–water partition coefficient (Wildman–Crippen LogP) is 1.45. The Morgan fingerprint density at radius 2 is 1.93 bits per heavy atom.